The topological polar surface area (TPSA) is 85.2 Å². The van der Waals surface area contributed by atoms with Crippen molar-refractivity contribution in [3.8, 4) is 16.9 Å². The molecule has 2 N–H and O–H groups in total. The quantitative estimate of drug-likeness (QED) is 0.188. The van der Waals surface area contributed by atoms with Crippen molar-refractivity contribution in [2.75, 3.05) is 12.4 Å². The maximum absolute atomic E-state index is 13.5. The molecule has 12 heteroatoms. The fourth-order valence-corrected chi connectivity index (χ4v) is 3.79. The van der Waals surface area contributed by atoms with E-state index in [1.165, 1.54) is 25.2 Å². The highest BCUT2D eigenvalue weighted by Crippen LogP contribution is 2.31. The number of alkyl halides is 2. The maximum atomic E-state index is 13.5. The Morgan fingerprint density at radius 3 is 2.17 bits per heavy atom. The van der Waals surface area contributed by atoms with Crippen molar-refractivity contribution in [3.63, 3.8) is 0 Å². The summed E-state index contributed by atoms with van der Waals surface area (Å²) in [5.74, 6) is -4.29. The Kier molecular flexibility index (Phi) is 10.2. The van der Waals surface area contributed by atoms with Crippen LogP contribution in [0.4, 0.5) is 32.4 Å². The lowest BCUT2D eigenvalue weighted by molar-refractivity contribution is 0.101. The Bertz CT molecular complexity index is 1520. The summed E-state index contributed by atoms with van der Waals surface area (Å²) in [6.45, 7) is 4.12. The van der Waals surface area contributed by atoms with Gasteiger partial charge >= 0.3 is 6.09 Å². The third-order valence-corrected chi connectivity index (χ3v) is 5.73. The summed E-state index contributed by atoms with van der Waals surface area (Å²) in [5.41, 5.74) is 0.284. The number of nitrogens with zero attached hydrogens (tertiary/aromatic N) is 2. The number of amides is 2. The highest BCUT2D eigenvalue weighted by molar-refractivity contribution is 6.07. The number of anilines is 1. The molecule has 0 atom stereocenters. The summed E-state index contributed by atoms with van der Waals surface area (Å²) in [6, 6.07) is 15.0. The molecule has 0 fully saturated rings. The van der Waals surface area contributed by atoms with E-state index in [0.717, 1.165) is 28.6 Å². The average Bonchev–Trinajstić information content (AvgIpc) is 3.34. The number of carbonyl (C=O) groups is 2. The molecule has 1 heterocycles. The average molecular weight is 575 g/mol. The molecule has 0 aliphatic carbocycles. The SMILES string of the molecule is CNC(=O)Oc1ccccc1C(C)C.Cn1cc(C(=O)Nc2ccccc2-c2cc(F)c(F)c(F)c2)c(C(F)F)n1. The Hall–Kier alpha value is -4.74. The molecule has 0 spiro atoms. The van der Waals surface area contributed by atoms with Crippen molar-refractivity contribution in [1.29, 1.82) is 0 Å². The summed E-state index contributed by atoms with van der Waals surface area (Å²) in [6.07, 6.45) is -2.25. The second kappa shape index (κ2) is 13.6. The fraction of sp³-hybridized carbons (Fsp3) is 0.207. The summed E-state index contributed by atoms with van der Waals surface area (Å²) < 4.78 is 72.5. The summed E-state index contributed by atoms with van der Waals surface area (Å²) in [4.78, 5) is 23.4. The number of carbonyl (C=O) groups excluding carboxylic acids is 2. The van der Waals surface area contributed by atoms with Gasteiger partial charge in [0.25, 0.3) is 12.3 Å². The van der Waals surface area contributed by atoms with Crippen LogP contribution in [-0.2, 0) is 7.05 Å². The van der Waals surface area contributed by atoms with Gasteiger partial charge in [-0.3, -0.25) is 9.48 Å². The molecule has 0 bridgehead atoms. The molecule has 0 saturated carbocycles. The van der Waals surface area contributed by atoms with Gasteiger partial charge in [-0.25, -0.2) is 26.7 Å². The van der Waals surface area contributed by atoms with E-state index in [4.69, 9.17) is 4.74 Å². The number of ether oxygens (including phenoxy) is 1. The van der Waals surface area contributed by atoms with Crippen molar-refractivity contribution < 1.29 is 36.3 Å². The smallest absolute Gasteiger partial charge is 0.410 e. The minimum absolute atomic E-state index is 0.0254. The Morgan fingerprint density at radius 2 is 1.56 bits per heavy atom. The van der Waals surface area contributed by atoms with Gasteiger partial charge in [-0.2, -0.15) is 5.10 Å². The highest BCUT2D eigenvalue weighted by atomic mass is 19.3. The number of para-hydroxylation sites is 2. The highest BCUT2D eigenvalue weighted by Gasteiger charge is 2.23. The number of rotatable bonds is 6. The zero-order chi connectivity index (χ0) is 30.3. The molecule has 41 heavy (non-hydrogen) atoms. The van der Waals surface area contributed by atoms with Gasteiger partial charge in [0.05, 0.1) is 5.56 Å². The molecule has 2 amide bonds. The van der Waals surface area contributed by atoms with Gasteiger partial charge in [0.15, 0.2) is 17.5 Å². The van der Waals surface area contributed by atoms with Crippen LogP contribution in [0, 0.1) is 17.5 Å². The molecule has 0 unspecified atom stereocenters. The van der Waals surface area contributed by atoms with E-state index in [9.17, 15) is 31.5 Å². The molecule has 0 aliphatic rings. The maximum Gasteiger partial charge on any atom is 0.412 e. The van der Waals surface area contributed by atoms with Crippen molar-refractivity contribution >= 4 is 17.7 Å². The van der Waals surface area contributed by atoms with Crippen LogP contribution < -0.4 is 15.4 Å². The van der Waals surface area contributed by atoms with E-state index in [1.807, 2.05) is 18.2 Å². The molecule has 0 radical (unpaired) electrons. The van der Waals surface area contributed by atoms with Gasteiger partial charge in [0, 0.05) is 31.5 Å². The summed E-state index contributed by atoms with van der Waals surface area (Å²) in [7, 11) is 2.93. The van der Waals surface area contributed by atoms with Crippen LogP contribution >= 0.6 is 0 Å². The molecule has 7 nitrogen and oxygen atoms in total. The third-order valence-electron chi connectivity index (χ3n) is 5.73. The van der Waals surface area contributed by atoms with E-state index in [1.54, 1.807) is 19.2 Å². The fourth-order valence-electron chi connectivity index (χ4n) is 3.79. The molecule has 216 valence electrons. The van der Waals surface area contributed by atoms with Crippen LogP contribution in [0.2, 0.25) is 0 Å². The van der Waals surface area contributed by atoms with E-state index in [2.05, 4.69) is 29.6 Å². The lowest BCUT2D eigenvalue weighted by atomic mass is 10.0. The van der Waals surface area contributed by atoms with E-state index in [-0.39, 0.29) is 22.4 Å². The van der Waals surface area contributed by atoms with E-state index >= 15 is 0 Å². The minimum atomic E-state index is -2.96. The van der Waals surface area contributed by atoms with Crippen molar-refractivity contribution in [2.45, 2.75) is 26.2 Å². The molecule has 3 aromatic carbocycles. The summed E-state index contributed by atoms with van der Waals surface area (Å²) in [5, 5.41) is 8.39. The van der Waals surface area contributed by atoms with Gasteiger partial charge in [-0.05, 0) is 41.3 Å². The van der Waals surface area contributed by atoms with Gasteiger partial charge in [-0.15, -0.1) is 0 Å². The second-order valence-corrected chi connectivity index (χ2v) is 8.99. The predicted molar refractivity (Wildman–Crippen MR) is 143 cm³/mol. The Balaban J connectivity index is 0.000000278. The van der Waals surface area contributed by atoms with Gasteiger partial charge in [0.1, 0.15) is 11.4 Å². The van der Waals surface area contributed by atoms with Crippen LogP contribution in [0.15, 0.2) is 66.9 Å². The van der Waals surface area contributed by atoms with Crippen LogP contribution in [0.1, 0.15) is 47.8 Å². The first-order valence-corrected chi connectivity index (χ1v) is 12.3. The standard InChI is InChI=1S/C18H12F5N3O.C11H15NO2/c1-26-8-11(16(25-26)17(22)23)18(27)24-14-5-3-2-4-10(14)9-6-12(19)15(21)13(20)7-9;1-8(2)9-6-4-5-7-10(9)14-11(13)12-3/h2-8,17H,1H3,(H,24,27);4-8H,1-3H3,(H,12,13). The number of nitrogens with one attached hydrogen (secondary N) is 2. The Labute approximate surface area is 232 Å². The molecular weight excluding hydrogens is 547 g/mol. The van der Waals surface area contributed by atoms with Crippen molar-refractivity contribution in [3.05, 3.63) is 101 Å². The lowest BCUT2D eigenvalue weighted by Gasteiger charge is -2.12. The van der Waals surface area contributed by atoms with Crippen LogP contribution in [-0.4, -0.2) is 28.8 Å². The number of aryl methyl sites for hydroxylation is 1. The number of benzene rings is 3. The van der Waals surface area contributed by atoms with Crippen molar-refractivity contribution in [1.82, 2.24) is 15.1 Å². The molecule has 0 aliphatic heterocycles. The normalized spacial score (nSPS) is 10.7. The van der Waals surface area contributed by atoms with E-state index < -0.39 is 41.6 Å². The number of halogens is 5. The minimum Gasteiger partial charge on any atom is -0.410 e. The van der Waals surface area contributed by atoms with Gasteiger partial charge in [0.2, 0.25) is 0 Å². The van der Waals surface area contributed by atoms with Crippen LogP contribution in [0.25, 0.3) is 11.1 Å². The lowest BCUT2D eigenvalue weighted by Crippen LogP contribution is -2.22. The zero-order valence-electron chi connectivity index (χ0n) is 22.5. The van der Waals surface area contributed by atoms with Gasteiger partial charge in [-0.1, -0.05) is 50.2 Å². The Morgan fingerprint density at radius 1 is 0.951 bits per heavy atom. The van der Waals surface area contributed by atoms with Crippen LogP contribution in [0.3, 0.4) is 0 Å². The predicted octanol–water partition coefficient (Wildman–Crippen LogP) is 7.22. The third kappa shape index (κ3) is 7.68. The van der Waals surface area contributed by atoms with E-state index in [0.29, 0.717) is 11.7 Å². The zero-order valence-corrected chi connectivity index (χ0v) is 22.5. The largest absolute Gasteiger partial charge is 0.412 e. The number of hydrogen-bond donors (Lipinski definition) is 2. The first-order valence-electron chi connectivity index (χ1n) is 12.3. The molecular formula is C29H27F5N4O3. The summed E-state index contributed by atoms with van der Waals surface area (Å²) >= 11 is 0. The molecule has 1 aromatic heterocycles. The molecule has 0 saturated heterocycles. The first-order chi connectivity index (χ1) is 19.4. The molecule has 4 aromatic rings. The van der Waals surface area contributed by atoms with Crippen molar-refractivity contribution in [2.24, 2.45) is 7.05 Å². The van der Waals surface area contributed by atoms with Crippen LogP contribution in [0.5, 0.6) is 5.75 Å². The monoisotopic (exact) mass is 574 g/mol. The number of hydrogen-bond acceptors (Lipinski definition) is 4. The molecule has 4 rings (SSSR count). The first kappa shape index (κ1) is 30.8. The number of aromatic nitrogens is 2. The second-order valence-electron chi connectivity index (χ2n) is 8.99. The van der Waals surface area contributed by atoms with Gasteiger partial charge < -0.3 is 15.4 Å².